The Bertz CT molecular complexity index is 180. The lowest BCUT2D eigenvalue weighted by Crippen LogP contribution is -1.93. The molecule has 0 aromatic heterocycles. The van der Waals surface area contributed by atoms with E-state index in [2.05, 4.69) is 13.5 Å². The van der Waals surface area contributed by atoms with Gasteiger partial charge in [-0.1, -0.05) is 37.6 Å². The number of unbranched alkanes of at least 4 members (excludes halogenated alkanes) is 1. The Morgan fingerprint density at radius 2 is 2.17 bits per heavy atom. The van der Waals surface area contributed by atoms with Crippen molar-refractivity contribution in [2.45, 2.75) is 32.6 Å². The standard InChI is InChI=1S/C10H16O2/c1-3-4-5-6-9(2)7-8-10(11)12/h5-6H,2-4,7-8H2,1H3,(H,11,12)/b6-5+. The summed E-state index contributed by atoms with van der Waals surface area (Å²) >= 11 is 0. The fourth-order valence-corrected chi connectivity index (χ4v) is 0.767. The van der Waals surface area contributed by atoms with Crippen LogP contribution in [0.2, 0.25) is 0 Å². The second-order valence-corrected chi connectivity index (χ2v) is 2.74. The van der Waals surface area contributed by atoms with Crippen LogP contribution in [0.1, 0.15) is 32.6 Å². The molecule has 0 aromatic carbocycles. The maximum atomic E-state index is 10.2. The van der Waals surface area contributed by atoms with Gasteiger partial charge in [-0.2, -0.15) is 0 Å². The van der Waals surface area contributed by atoms with Crippen molar-refractivity contribution in [3.8, 4) is 0 Å². The zero-order valence-corrected chi connectivity index (χ0v) is 7.55. The fourth-order valence-electron chi connectivity index (χ4n) is 0.767. The number of carboxylic acid groups (broad SMARTS) is 1. The highest BCUT2D eigenvalue weighted by Crippen LogP contribution is 2.04. The van der Waals surface area contributed by atoms with Crippen molar-refractivity contribution < 1.29 is 9.90 Å². The van der Waals surface area contributed by atoms with Crippen LogP contribution in [0.3, 0.4) is 0 Å². The Hall–Kier alpha value is -1.05. The van der Waals surface area contributed by atoms with E-state index in [4.69, 9.17) is 5.11 Å². The van der Waals surface area contributed by atoms with Gasteiger partial charge in [-0.05, 0) is 12.8 Å². The van der Waals surface area contributed by atoms with E-state index >= 15 is 0 Å². The smallest absolute Gasteiger partial charge is 0.303 e. The molecule has 0 atom stereocenters. The highest BCUT2D eigenvalue weighted by atomic mass is 16.4. The molecule has 0 aromatic rings. The first-order chi connectivity index (χ1) is 5.66. The quantitative estimate of drug-likeness (QED) is 0.619. The Labute approximate surface area is 73.6 Å². The van der Waals surface area contributed by atoms with Crippen LogP contribution >= 0.6 is 0 Å². The number of hydrogen-bond donors (Lipinski definition) is 1. The molecule has 0 heterocycles. The summed E-state index contributed by atoms with van der Waals surface area (Å²) in [6, 6.07) is 0. The topological polar surface area (TPSA) is 37.3 Å². The molecule has 12 heavy (non-hydrogen) atoms. The van der Waals surface area contributed by atoms with Gasteiger partial charge in [0.2, 0.25) is 0 Å². The van der Waals surface area contributed by atoms with Crippen LogP contribution in [0, 0.1) is 0 Å². The highest BCUT2D eigenvalue weighted by molar-refractivity contribution is 5.67. The van der Waals surface area contributed by atoms with E-state index in [9.17, 15) is 4.79 Å². The molecule has 0 spiro atoms. The van der Waals surface area contributed by atoms with Crippen molar-refractivity contribution in [2.75, 3.05) is 0 Å². The van der Waals surface area contributed by atoms with Gasteiger partial charge in [0.1, 0.15) is 0 Å². The Morgan fingerprint density at radius 3 is 2.67 bits per heavy atom. The molecule has 0 amide bonds. The van der Waals surface area contributed by atoms with Crippen LogP contribution in [0.15, 0.2) is 24.3 Å². The van der Waals surface area contributed by atoms with E-state index in [-0.39, 0.29) is 6.42 Å². The Kier molecular flexibility index (Phi) is 6.07. The number of hydrogen-bond acceptors (Lipinski definition) is 1. The Balaban J connectivity index is 3.52. The third-order valence-electron chi connectivity index (χ3n) is 1.47. The minimum atomic E-state index is -0.764. The second-order valence-electron chi connectivity index (χ2n) is 2.74. The molecule has 0 saturated heterocycles. The molecule has 1 N–H and O–H groups in total. The molecule has 0 radical (unpaired) electrons. The van der Waals surface area contributed by atoms with Crippen LogP contribution in [0.25, 0.3) is 0 Å². The molecule has 2 heteroatoms. The Morgan fingerprint density at radius 1 is 1.50 bits per heavy atom. The fraction of sp³-hybridized carbons (Fsp3) is 0.500. The number of carboxylic acids is 1. The molecule has 0 aliphatic carbocycles. The summed E-state index contributed by atoms with van der Waals surface area (Å²) in [7, 11) is 0. The summed E-state index contributed by atoms with van der Waals surface area (Å²) in [5.74, 6) is -0.764. The number of carbonyl (C=O) groups is 1. The van der Waals surface area contributed by atoms with Gasteiger partial charge in [-0.25, -0.2) is 0 Å². The van der Waals surface area contributed by atoms with Crippen LogP contribution in [-0.4, -0.2) is 11.1 Å². The lowest BCUT2D eigenvalue weighted by atomic mass is 10.1. The molecule has 0 aliphatic rings. The SMILES string of the molecule is C=C(/C=C/CCC)CCC(=O)O. The van der Waals surface area contributed by atoms with Crippen molar-refractivity contribution >= 4 is 5.97 Å². The van der Waals surface area contributed by atoms with Crippen LogP contribution in [0.5, 0.6) is 0 Å². The minimum Gasteiger partial charge on any atom is -0.481 e. The van der Waals surface area contributed by atoms with Crippen LogP contribution < -0.4 is 0 Å². The molecular formula is C10H16O2. The summed E-state index contributed by atoms with van der Waals surface area (Å²) in [4.78, 5) is 10.2. The lowest BCUT2D eigenvalue weighted by Gasteiger charge is -1.95. The molecule has 68 valence electrons. The summed E-state index contributed by atoms with van der Waals surface area (Å²) in [6.45, 7) is 5.85. The summed E-state index contributed by atoms with van der Waals surface area (Å²) in [5, 5.41) is 8.37. The number of aliphatic carboxylic acids is 1. The van der Waals surface area contributed by atoms with Crippen molar-refractivity contribution in [3.05, 3.63) is 24.3 Å². The first-order valence-corrected chi connectivity index (χ1v) is 4.23. The van der Waals surface area contributed by atoms with Crippen molar-refractivity contribution in [3.63, 3.8) is 0 Å². The van der Waals surface area contributed by atoms with Crippen LogP contribution in [-0.2, 0) is 4.79 Å². The molecule has 0 fully saturated rings. The molecule has 2 nitrogen and oxygen atoms in total. The van der Waals surface area contributed by atoms with Gasteiger partial charge in [0.15, 0.2) is 0 Å². The predicted octanol–water partition coefficient (Wildman–Crippen LogP) is 2.76. The monoisotopic (exact) mass is 168 g/mol. The average Bonchev–Trinajstić information content (AvgIpc) is 2.01. The van der Waals surface area contributed by atoms with Crippen molar-refractivity contribution in [1.29, 1.82) is 0 Å². The van der Waals surface area contributed by atoms with E-state index in [1.165, 1.54) is 0 Å². The zero-order valence-electron chi connectivity index (χ0n) is 7.55. The summed E-state index contributed by atoms with van der Waals surface area (Å²) in [5.41, 5.74) is 0.894. The normalized spacial score (nSPS) is 10.4. The average molecular weight is 168 g/mol. The predicted molar refractivity (Wildman–Crippen MR) is 50.1 cm³/mol. The largest absolute Gasteiger partial charge is 0.481 e. The van der Waals surface area contributed by atoms with E-state index in [1.807, 2.05) is 12.2 Å². The van der Waals surface area contributed by atoms with Gasteiger partial charge in [-0.15, -0.1) is 0 Å². The molecule has 0 unspecified atom stereocenters. The van der Waals surface area contributed by atoms with E-state index in [0.29, 0.717) is 6.42 Å². The second kappa shape index (κ2) is 6.65. The number of allylic oxidation sites excluding steroid dienone is 3. The first-order valence-electron chi connectivity index (χ1n) is 4.23. The van der Waals surface area contributed by atoms with Gasteiger partial charge in [0, 0.05) is 6.42 Å². The molecule has 0 aliphatic heterocycles. The summed E-state index contributed by atoms with van der Waals surface area (Å²) < 4.78 is 0. The minimum absolute atomic E-state index is 0.176. The van der Waals surface area contributed by atoms with Gasteiger partial charge in [0.25, 0.3) is 0 Å². The van der Waals surface area contributed by atoms with Gasteiger partial charge >= 0.3 is 5.97 Å². The maximum Gasteiger partial charge on any atom is 0.303 e. The summed E-state index contributed by atoms with van der Waals surface area (Å²) in [6.07, 6.45) is 6.82. The maximum absolute atomic E-state index is 10.2. The molecule has 0 rings (SSSR count). The molecule has 0 bridgehead atoms. The van der Waals surface area contributed by atoms with Crippen LogP contribution in [0.4, 0.5) is 0 Å². The van der Waals surface area contributed by atoms with Crippen molar-refractivity contribution in [2.24, 2.45) is 0 Å². The van der Waals surface area contributed by atoms with Gasteiger partial charge < -0.3 is 5.11 Å². The molecule has 0 saturated carbocycles. The zero-order chi connectivity index (χ0) is 9.40. The van der Waals surface area contributed by atoms with Gasteiger partial charge in [0.05, 0.1) is 0 Å². The van der Waals surface area contributed by atoms with E-state index < -0.39 is 5.97 Å². The first kappa shape index (κ1) is 11.0. The third kappa shape index (κ3) is 7.06. The lowest BCUT2D eigenvalue weighted by molar-refractivity contribution is -0.136. The van der Waals surface area contributed by atoms with Crippen molar-refractivity contribution in [1.82, 2.24) is 0 Å². The highest BCUT2D eigenvalue weighted by Gasteiger charge is 1.96. The van der Waals surface area contributed by atoms with E-state index in [1.54, 1.807) is 0 Å². The van der Waals surface area contributed by atoms with E-state index in [0.717, 1.165) is 18.4 Å². The third-order valence-corrected chi connectivity index (χ3v) is 1.47. The molecular weight excluding hydrogens is 152 g/mol. The number of rotatable bonds is 6. The van der Waals surface area contributed by atoms with Gasteiger partial charge in [-0.3, -0.25) is 4.79 Å².